The molecular weight excluding hydrogens is 376 g/mol. The molecule has 28 heavy (non-hydrogen) atoms. The highest BCUT2D eigenvalue weighted by atomic mass is 32.2. The first-order valence-electron chi connectivity index (χ1n) is 9.04. The van der Waals surface area contributed by atoms with Gasteiger partial charge >= 0.3 is 0 Å². The summed E-state index contributed by atoms with van der Waals surface area (Å²) in [5.41, 5.74) is 1.94. The molecule has 0 spiro atoms. The maximum atomic E-state index is 12.8. The zero-order chi connectivity index (χ0) is 19.6. The molecule has 1 fully saturated rings. The highest BCUT2D eigenvalue weighted by Crippen LogP contribution is 2.25. The molecule has 1 N–H and O–H groups in total. The minimum atomic E-state index is -3.24. The Hall–Kier alpha value is -3.06. The fourth-order valence-corrected chi connectivity index (χ4v) is 4.91. The van der Waals surface area contributed by atoms with Gasteiger partial charge in [0.2, 0.25) is 10.0 Å². The second-order valence-electron chi connectivity index (χ2n) is 6.62. The third kappa shape index (κ3) is 3.66. The quantitative estimate of drug-likeness (QED) is 0.717. The molecule has 0 saturated carbocycles. The lowest BCUT2D eigenvalue weighted by Crippen LogP contribution is -2.29. The van der Waals surface area contributed by atoms with E-state index in [4.69, 9.17) is 4.42 Å². The van der Waals surface area contributed by atoms with Gasteiger partial charge in [-0.2, -0.15) is 0 Å². The van der Waals surface area contributed by atoms with Crippen molar-refractivity contribution in [1.29, 1.82) is 0 Å². The molecule has 1 aliphatic rings. The van der Waals surface area contributed by atoms with Gasteiger partial charge in [0.05, 0.1) is 17.7 Å². The zero-order valence-electron chi connectivity index (χ0n) is 15.1. The van der Waals surface area contributed by atoms with Gasteiger partial charge in [0.15, 0.2) is 0 Å². The van der Waals surface area contributed by atoms with Crippen molar-refractivity contribution in [1.82, 2.24) is 5.32 Å². The maximum absolute atomic E-state index is 12.8. The van der Waals surface area contributed by atoms with E-state index in [0.29, 0.717) is 30.0 Å². The predicted molar refractivity (Wildman–Crippen MR) is 107 cm³/mol. The molecule has 144 valence electrons. The number of rotatable bonds is 5. The Morgan fingerprint density at radius 3 is 2.36 bits per heavy atom. The molecule has 1 amide bonds. The van der Waals surface area contributed by atoms with E-state index in [1.807, 2.05) is 36.4 Å². The highest BCUT2D eigenvalue weighted by molar-refractivity contribution is 7.93. The van der Waals surface area contributed by atoms with Gasteiger partial charge in [-0.05, 0) is 48.4 Å². The van der Waals surface area contributed by atoms with Gasteiger partial charge in [0.25, 0.3) is 5.91 Å². The molecule has 0 bridgehead atoms. The Balaban J connectivity index is 1.55. The molecular formula is C21H20N2O4S. The van der Waals surface area contributed by atoms with Crippen LogP contribution >= 0.6 is 0 Å². The summed E-state index contributed by atoms with van der Waals surface area (Å²) >= 11 is 0. The fraction of sp³-hybridized carbons (Fsp3) is 0.190. The van der Waals surface area contributed by atoms with Gasteiger partial charge in [-0.1, -0.05) is 30.3 Å². The lowest BCUT2D eigenvalue weighted by molar-refractivity contribution is 0.0939. The van der Waals surface area contributed by atoms with Crippen LogP contribution < -0.4 is 9.62 Å². The number of hydrogen-bond acceptors (Lipinski definition) is 4. The molecule has 6 nitrogen and oxygen atoms in total. The third-order valence-corrected chi connectivity index (χ3v) is 6.62. The van der Waals surface area contributed by atoms with E-state index in [9.17, 15) is 13.2 Å². The van der Waals surface area contributed by atoms with E-state index in [0.717, 1.165) is 5.56 Å². The molecule has 1 saturated heterocycles. The zero-order valence-corrected chi connectivity index (χ0v) is 15.9. The first-order valence-corrected chi connectivity index (χ1v) is 10.7. The van der Waals surface area contributed by atoms with Crippen molar-refractivity contribution < 1.29 is 17.6 Å². The normalized spacial score (nSPS) is 16.6. The van der Waals surface area contributed by atoms with Crippen molar-refractivity contribution in [3.63, 3.8) is 0 Å². The minimum absolute atomic E-state index is 0.164. The average Bonchev–Trinajstić information content (AvgIpc) is 3.36. The van der Waals surface area contributed by atoms with Crippen LogP contribution in [0, 0.1) is 0 Å². The number of sulfonamides is 1. The Kier molecular flexibility index (Phi) is 4.92. The molecule has 1 unspecified atom stereocenters. The van der Waals surface area contributed by atoms with E-state index >= 15 is 0 Å². The first kappa shape index (κ1) is 18.3. The summed E-state index contributed by atoms with van der Waals surface area (Å²) in [5.74, 6) is 0.539. The Morgan fingerprint density at radius 2 is 1.75 bits per heavy atom. The largest absolute Gasteiger partial charge is 0.467 e. The minimum Gasteiger partial charge on any atom is -0.467 e. The number of furan rings is 1. The second-order valence-corrected chi connectivity index (χ2v) is 8.63. The smallest absolute Gasteiger partial charge is 0.252 e. The molecule has 2 heterocycles. The second kappa shape index (κ2) is 7.52. The number of nitrogens with zero attached hydrogens (tertiary/aromatic N) is 1. The van der Waals surface area contributed by atoms with Crippen molar-refractivity contribution >= 4 is 21.6 Å². The molecule has 7 heteroatoms. The topological polar surface area (TPSA) is 79.6 Å². The maximum Gasteiger partial charge on any atom is 0.252 e. The van der Waals surface area contributed by atoms with Crippen molar-refractivity contribution in [2.75, 3.05) is 16.6 Å². The van der Waals surface area contributed by atoms with Crippen molar-refractivity contribution in [3.8, 4) is 0 Å². The fourth-order valence-electron chi connectivity index (χ4n) is 3.34. The predicted octanol–water partition coefficient (Wildman–Crippen LogP) is 3.34. The van der Waals surface area contributed by atoms with Gasteiger partial charge in [0.1, 0.15) is 11.8 Å². The van der Waals surface area contributed by atoms with Crippen molar-refractivity contribution in [2.24, 2.45) is 0 Å². The number of hydrogen-bond donors (Lipinski definition) is 1. The van der Waals surface area contributed by atoms with Crippen LogP contribution in [0.4, 0.5) is 5.69 Å². The number of amides is 1. The molecule has 3 aromatic rings. The molecule has 4 rings (SSSR count). The van der Waals surface area contributed by atoms with Crippen LogP contribution in [0.15, 0.2) is 77.4 Å². The summed E-state index contributed by atoms with van der Waals surface area (Å²) in [4.78, 5) is 12.8. The van der Waals surface area contributed by atoms with Crippen LogP contribution in [0.3, 0.4) is 0 Å². The monoisotopic (exact) mass is 396 g/mol. The number of anilines is 1. The molecule has 1 aliphatic heterocycles. The van der Waals surface area contributed by atoms with Crippen LogP contribution in [0.2, 0.25) is 0 Å². The number of carbonyl (C=O) groups excluding carboxylic acids is 1. The molecule has 0 radical (unpaired) electrons. The molecule has 2 aromatic carbocycles. The van der Waals surface area contributed by atoms with E-state index in [1.54, 1.807) is 36.6 Å². The number of carbonyl (C=O) groups is 1. The molecule has 1 aromatic heterocycles. The Morgan fingerprint density at radius 1 is 1.00 bits per heavy atom. The summed E-state index contributed by atoms with van der Waals surface area (Å²) < 4.78 is 31.0. The van der Waals surface area contributed by atoms with E-state index < -0.39 is 16.1 Å². The van der Waals surface area contributed by atoms with Gasteiger partial charge < -0.3 is 9.73 Å². The van der Waals surface area contributed by atoms with Crippen molar-refractivity contribution in [2.45, 2.75) is 12.5 Å². The summed E-state index contributed by atoms with van der Waals surface area (Å²) in [5, 5.41) is 2.99. The standard InChI is InChI=1S/C21H20N2O4S/c24-21(17-9-11-18(12-10-17)23-13-5-15-28(23,25)26)22-20(19-8-4-14-27-19)16-6-2-1-3-7-16/h1-4,6-12,14,20H,5,13,15H2,(H,22,24). The van der Waals surface area contributed by atoms with Crippen LogP contribution in [-0.2, 0) is 10.0 Å². The van der Waals surface area contributed by atoms with Gasteiger partial charge in [-0.15, -0.1) is 0 Å². The van der Waals surface area contributed by atoms with Crippen LogP contribution in [0.25, 0.3) is 0 Å². The Bertz CT molecular complexity index is 1050. The third-order valence-electron chi connectivity index (χ3n) is 4.75. The number of benzene rings is 2. The van der Waals surface area contributed by atoms with E-state index in [2.05, 4.69) is 5.32 Å². The van der Waals surface area contributed by atoms with Crippen molar-refractivity contribution in [3.05, 3.63) is 89.9 Å². The average molecular weight is 396 g/mol. The summed E-state index contributed by atoms with van der Waals surface area (Å²) in [6.45, 7) is 0.475. The van der Waals surface area contributed by atoms with Gasteiger partial charge in [-0.25, -0.2) is 8.42 Å². The van der Waals surface area contributed by atoms with Crippen LogP contribution in [0.1, 0.15) is 34.1 Å². The lowest BCUT2D eigenvalue weighted by Gasteiger charge is -2.19. The SMILES string of the molecule is O=C(NC(c1ccccc1)c1ccco1)c1ccc(N2CCCS2(=O)=O)cc1. The first-order chi connectivity index (χ1) is 13.5. The number of nitrogens with one attached hydrogen (secondary N) is 1. The van der Waals surface area contributed by atoms with Gasteiger partial charge in [0, 0.05) is 12.1 Å². The summed E-state index contributed by atoms with van der Waals surface area (Å²) in [7, 11) is -3.24. The van der Waals surface area contributed by atoms with Crippen LogP contribution in [0.5, 0.6) is 0 Å². The van der Waals surface area contributed by atoms with E-state index in [1.165, 1.54) is 4.31 Å². The van der Waals surface area contributed by atoms with Gasteiger partial charge in [-0.3, -0.25) is 9.10 Å². The van der Waals surface area contributed by atoms with E-state index in [-0.39, 0.29) is 11.7 Å². The summed E-state index contributed by atoms with van der Waals surface area (Å²) in [6.07, 6.45) is 2.19. The van der Waals surface area contributed by atoms with Crippen LogP contribution in [-0.4, -0.2) is 26.6 Å². The highest BCUT2D eigenvalue weighted by Gasteiger charge is 2.28. The Labute approximate surface area is 163 Å². The summed E-state index contributed by atoms with van der Waals surface area (Å²) in [6, 6.07) is 19.4. The molecule has 1 atom stereocenters. The molecule has 0 aliphatic carbocycles. The lowest BCUT2D eigenvalue weighted by atomic mass is 10.0.